The van der Waals surface area contributed by atoms with Crippen molar-refractivity contribution < 1.29 is 9.90 Å². The Morgan fingerprint density at radius 1 is 1.56 bits per heavy atom. The molecule has 4 nitrogen and oxygen atoms in total. The van der Waals surface area contributed by atoms with Crippen molar-refractivity contribution >= 4 is 22.4 Å². The van der Waals surface area contributed by atoms with Gasteiger partial charge in [0.15, 0.2) is 5.13 Å². The molecule has 1 aliphatic heterocycles. The molecule has 1 atom stereocenters. The minimum absolute atomic E-state index is 0.238. The first-order valence-electron chi connectivity index (χ1n) is 5.49. The fraction of sp³-hybridized carbons (Fsp3) is 0.636. The highest BCUT2D eigenvalue weighted by Gasteiger charge is 2.26. The number of aliphatic carboxylic acids is 1. The number of carbonyl (C=O) groups is 1. The second kappa shape index (κ2) is 4.41. The lowest BCUT2D eigenvalue weighted by Crippen LogP contribution is -2.38. The molecule has 1 aromatic heterocycles. The van der Waals surface area contributed by atoms with E-state index in [2.05, 4.69) is 16.8 Å². The number of carboxylic acids is 1. The molecule has 2 rings (SSSR count). The van der Waals surface area contributed by atoms with E-state index in [1.807, 2.05) is 6.92 Å². The third-order valence-electron chi connectivity index (χ3n) is 3.06. The van der Waals surface area contributed by atoms with Gasteiger partial charge in [-0.2, -0.15) is 0 Å². The van der Waals surface area contributed by atoms with E-state index in [4.69, 9.17) is 5.11 Å². The van der Waals surface area contributed by atoms with Gasteiger partial charge in [-0.25, -0.2) is 4.98 Å². The van der Waals surface area contributed by atoms with Crippen molar-refractivity contribution in [2.24, 2.45) is 5.92 Å². The van der Waals surface area contributed by atoms with Crippen LogP contribution in [0.15, 0.2) is 0 Å². The molecule has 5 heteroatoms. The number of rotatable bonds is 2. The largest absolute Gasteiger partial charge is 0.481 e. The summed E-state index contributed by atoms with van der Waals surface area (Å²) >= 11 is 1.66. The highest BCUT2D eigenvalue weighted by Crippen LogP contribution is 2.29. The van der Waals surface area contributed by atoms with Crippen LogP contribution in [-0.2, 0) is 4.79 Å². The number of nitrogens with zero attached hydrogens (tertiary/aromatic N) is 2. The number of hydrogen-bond acceptors (Lipinski definition) is 4. The molecule has 0 radical (unpaired) electrons. The molecular weight excluding hydrogens is 224 g/mol. The van der Waals surface area contributed by atoms with Gasteiger partial charge >= 0.3 is 5.97 Å². The van der Waals surface area contributed by atoms with E-state index in [9.17, 15) is 4.79 Å². The Hall–Kier alpha value is -1.10. The van der Waals surface area contributed by atoms with Crippen LogP contribution < -0.4 is 4.90 Å². The minimum Gasteiger partial charge on any atom is -0.481 e. The normalized spacial score (nSPS) is 21.1. The van der Waals surface area contributed by atoms with Gasteiger partial charge in [-0.15, -0.1) is 11.3 Å². The molecule has 88 valence electrons. The fourth-order valence-corrected chi connectivity index (χ4v) is 2.89. The molecule has 1 aromatic rings. The van der Waals surface area contributed by atoms with Crippen molar-refractivity contribution in [2.75, 3.05) is 18.0 Å². The summed E-state index contributed by atoms with van der Waals surface area (Å²) < 4.78 is 0. The summed E-state index contributed by atoms with van der Waals surface area (Å²) in [6.07, 6.45) is 1.73. The molecule has 0 bridgehead atoms. The van der Waals surface area contributed by atoms with Gasteiger partial charge in [0.1, 0.15) is 0 Å². The second-order valence-electron chi connectivity index (χ2n) is 4.26. The first kappa shape index (κ1) is 11.4. The van der Waals surface area contributed by atoms with Crippen molar-refractivity contribution in [3.63, 3.8) is 0 Å². The molecule has 16 heavy (non-hydrogen) atoms. The van der Waals surface area contributed by atoms with Gasteiger partial charge in [0.2, 0.25) is 0 Å². The molecule has 2 heterocycles. The first-order chi connectivity index (χ1) is 7.58. The Kier molecular flexibility index (Phi) is 3.14. The first-order valence-corrected chi connectivity index (χ1v) is 6.31. The third-order valence-corrected chi connectivity index (χ3v) is 4.19. The number of aryl methyl sites for hydroxylation is 2. The van der Waals surface area contributed by atoms with Crippen LogP contribution in [0.3, 0.4) is 0 Å². The van der Waals surface area contributed by atoms with Crippen LogP contribution in [0.2, 0.25) is 0 Å². The lowest BCUT2D eigenvalue weighted by Gasteiger charge is -2.30. The topological polar surface area (TPSA) is 53.4 Å². The predicted molar refractivity (Wildman–Crippen MR) is 64.2 cm³/mol. The van der Waals surface area contributed by atoms with Gasteiger partial charge < -0.3 is 10.0 Å². The van der Waals surface area contributed by atoms with Crippen LogP contribution in [0.4, 0.5) is 5.13 Å². The Morgan fingerprint density at radius 3 is 2.88 bits per heavy atom. The summed E-state index contributed by atoms with van der Waals surface area (Å²) in [5.74, 6) is -0.923. The van der Waals surface area contributed by atoms with E-state index < -0.39 is 5.97 Å². The summed E-state index contributed by atoms with van der Waals surface area (Å²) in [7, 11) is 0. The highest BCUT2D eigenvalue weighted by atomic mass is 32.1. The molecule has 0 amide bonds. The van der Waals surface area contributed by atoms with Crippen LogP contribution >= 0.6 is 11.3 Å². The number of carboxylic acid groups (broad SMARTS) is 1. The zero-order valence-electron chi connectivity index (χ0n) is 9.56. The van der Waals surface area contributed by atoms with Gasteiger partial charge in [-0.05, 0) is 26.7 Å². The zero-order chi connectivity index (χ0) is 11.7. The number of piperidine rings is 1. The molecule has 1 N–H and O–H groups in total. The molecule has 1 unspecified atom stereocenters. The van der Waals surface area contributed by atoms with Gasteiger partial charge in [0, 0.05) is 18.0 Å². The maximum Gasteiger partial charge on any atom is 0.308 e. The molecule has 1 fully saturated rings. The maximum absolute atomic E-state index is 11.0. The predicted octanol–water partition coefficient (Wildman–Crippen LogP) is 2.06. The third kappa shape index (κ3) is 2.19. The Labute approximate surface area is 98.9 Å². The van der Waals surface area contributed by atoms with Gasteiger partial charge in [-0.1, -0.05) is 0 Å². The van der Waals surface area contributed by atoms with Gasteiger partial charge in [0.05, 0.1) is 11.6 Å². The van der Waals surface area contributed by atoms with Gasteiger partial charge in [-0.3, -0.25) is 4.79 Å². The smallest absolute Gasteiger partial charge is 0.308 e. The SMILES string of the molecule is Cc1nc(N2CCCC(C(=O)O)C2)sc1C. The van der Waals surface area contributed by atoms with Crippen molar-refractivity contribution in [1.29, 1.82) is 0 Å². The summed E-state index contributed by atoms with van der Waals surface area (Å²) in [6, 6.07) is 0. The van der Waals surface area contributed by atoms with E-state index in [1.54, 1.807) is 11.3 Å². The van der Waals surface area contributed by atoms with Crippen LogP contribution in [0, 0.1) is 19.8 Å². The van der Waals surface area contributed by atoms with Crippen LogP contribution in [0.5, 0.6) is 0 Å². The summed E-state index contributed by atoms with van der Waals surface area (Å²) in [4.78, 5) is 18.8. The number of aromatic nitrogens is 1. The maximum atomic E-state index is 11.0. The van der Waals surface area contributed by atoms with Crippen LogP contribution in [-0.4, -0.2) is 29.1 Å². The summed E-state index contributed by atoms with van der Waals surface area (Å²) in [5, 5.41) is 9.99. The van der Waals surface area contributed by atoms with E-state index in [0.29, 0.717) is 6.54 Å². The Morgan fingerprint density at radius 2 is 2.31 bits per heavy atom. The number of anilines is 1. The molecule has 0 aliphatic carbocycles. The van der Waals surface area contributed by atoms with Crippen molar-refractivity contribution in [2.45, 2.75) is 26.7 Å². The average molecular weight is 240 g/mol. The zero-order valence-corrected chi connectivity index (χ0v) is 10.4. The van der Waals surface area contributed by atoms with E-state index >= 15 is 0 Å². The van der Waals surface area contributed by atoms with E-state index in [-0.39, 0.29) is 5.92 Å². The highest BCUT2D eigenvalue weighted by molar-refractivity contribution is 7.15. The molecule has 1 saturated heterocycles. The standard InChI is InChI=1S/C11H16N2O2S/c1-7-8(2)16-11(12-7)13-5-3-4-9(6-13)10(14)15/h9H,3-6H2,1-2H3,(H,14,15). The van der Waals surface area contributed by atoms with Gasteiger partial charge in [0.25, 0.3) is 0 Å². The minimum atomic E-state index is -0.685. The quantitative estimate of drug-likeness (QED) is 0.859. The van der Waals surface area contributed by atoms with Crippen LogP contribution in [0.1, 0.15) is 23.4 Å². The second-order valence-corrected chi connectivity index (χ2v) is 5.44. The summed E-state index contributed by atoms with van der Waals surface area (Å²) in [5.41, 5.74) is 1.05. The van der Waals surface area contributed by atoms with Crippen molar-refractivity contribution in [3.8, 4) is 0 Å². The molecule has 0 saturated carbocycles. The molecular formula is C11H16N2O2S. The van der Waals surface area contributed by atoms with E-state index in [0.717, 1.165) is 30.2 Å². The number of hydrogen-bond donors (Lipinski definition) is 1. The monoisotopic (exact) mass is 240 g/mol. The number of thiazole rings is 1. The molecule has 0 spiro atoms. The molecule has 0 aromatic carbocycles. The van der Waals surface area contributed by atoms with Crippen molar-refractivity contribution in [3.05, 3.63) is 10.6 Å². The summed E-state index contributed by atoms with van der Waals surface area (Å²) in [6.45, 7) is 5.57. The van der Waals surface area contributed by atoms with E-state index in [1.165, 1.54) is 4.88 Å². The molecule has 1 aliphatic rings. The lowest BCUT2D eigenvalue weighted by atomic mass is 9.99. The average Bonchev–Trinajstić information content (AvgIpc) is 2.59. The Balaban J connectivity index is 2.12. The fourth-order valence-electron chi connectivity index (χ4n) is 1.94. The Bertz CT molecular complexity index is 383. The van der Waals surface area contributed by atoms with Crippen molar-refractivity contribution in [1.82, 2.24) is 4.98 Å². The van der Waals surface area contributed by atoms with Crippen LogP contribution in [0.25, 0.3) is 0 Å². The lowest BCUT2D eigenvalue weighted by molar-refractivity contribution is -0.141.